The van der Waals surface area contributed by atoms with Crippen molar-refractivity contribution in [1.29, 1.82) is 0 Å². The van der Waals surface area contributed by atoms with Crippen molar-refractivity contribution in [1.82, 2.24) is 0 Å². The van der Waals surface area contributed by atoms with Crippen molar-refractivity contribution in [3.8, 4) is 0 Å². The molecule has 1 atom stereocenters. The van der Waals surface area contributed by atoms with Crippen LogP contribution in [0.5, 0.6) is 0 Å². The van der Waals surface area contributed by atoms with Gasteiger partial charge < -0.3 is 9.84 Å². The second-order valence-corrected chi connectivity index (χ2v) is 2.70. The van der Waals surface area contributed by atoms with Crippen LogP contribution in [0.25, 0.3) is 0 Å². The van der Waals surface area contributed by atoms with Gasteiger partial charge in [-0.2, -0.15) is 0 Å². The zero-order chi connectivity index (χ0) is 9.40. The molecule has 0 aromatic rings. The van der Waals surface area contributed by atoms with Crippen LogP contribution >= 0.6 is 0 Å². The molecular formula is C6H13KO5S. The summed E-state index contributed by atoms with van der Waals surface area (Å²) >= 11 is 0. The number of hydrogen-bond acceptors (Lipinski definition) is 5. The summed E-state index contributed by atoms with van der Waals surface area (Å²) in [6.07, 6.45) is 0.611. The Morgan fingerprint density at radius 3 is 2.54 bits per heavy atom. The van der Waals surface area contributed by atoms with Crippen molar-refractivity contribution in [3.63, 3.8) is 0 Å². The van der Waals surface area contributed by atoms with E-state index < -0.39 is 17.1 Å². The van der Waals surface area contributed by atoms with E-state index in [-0.39, 0.29) is 64.6 Å². The van der Waals surface area contributed by atoms with Crippen molar-refractivity contribution in [3.05, 3.63) is 12.7 Å². The van der Waals surface area contributed by atoms with Gasteiger partial charge in [-0.05, 0) is 0 Å². The van der Waals surface area contributed by atoms with Gasteiger partial charge in [0.1, 0.15) is 6.10 Å². The fraction of sp³-hybridized carbons (Fsp3) is 0.667. The van der Waals surface area contributed by atoms with Gasteiger partial charge in [0.15, 0.2) is 0 Å². The van der Waals surface area contributed by atoms with E-state index in [1.165, 1.54) is 6.08 Å². The number of thiol groups is 1. The SMILES string of the molecule is C=CCOCC(O)CO[SH](=O)=O.[KH]. The molecule has 0 amide bonds. The number of ether oxygens (including phenoxy) is 1. The first-order valence-corrected chi connectivity index (χ1v) is 4.40. The second-order valence-electron chi connectivity index (χ2n) is 2.00. The Bertz CT molecular complexity index is 185. The Morgan fingerprint density at radius 2 is 2.08 bits per heavy atom. The third-order valence-electron chi connectivity index (χ3n) is 0.918. The van der Waals surface area contributed by atoms with Crippen LogP contribution in [-0.2, 0) is 19.9 Å². The van der Waals surface area contributed by atoms with Gasteiger partial charge in [0.05, 0.1) is 19.8 Å². The second kappa shape index (κ2) is 11.3. The molecule has 0 aromatic heterocycles. The third-order valence-corrected chi connectivity index (χ3v) is 1.28. The Labute approximate surface area is 122 Å². The first-order chi connectivity index (χ1) is 5.66. The summed E-state index contributed by atoms with van der Waals surface area (Å²) in [5.41, 5.74) is 0. The molecule has 0 bridgehead atoms. The molecule has 0 radical (unpaired) electrons. The summed E-state index contributed by atoms with van der Waals surface area (Å²) < 4.78 is 28.7. The molecule has 1 unspecified atom stereocenters. The van der Waals surface area contributed by atoms with E-state index in [1.807, 2.05) is 0 Å². The number of rotatable bonds is 7. The van der Waals surface area contributed by atoms with Gasteiger partial charge in [0.25, 0.3) is 11.0 Å². The molecule has 74 valence electrons. The maximum absolute atomic E-state index is 9.88. The van der Waals surface area contributed by atoms with E-state index in [4.69, 9.17) is 9.84 Å². The van der Waals surface area contributed by atoms with Crippen molar-refractivity contribution >= 4 is 62.4 Å². The average Bonchev–Trinajstić information content (AvgIpc) is 2.01. The first kappa shape index (κ1) is 16.6. The Hall–Kier alpha value is 1.21. The fourth-order valence-corrected chi connectivity index (χ4v) is 0.776. The summed E-state index contributed by atoms with van der Waals surface area (Å²) in [4.78, 5) is 0. The van der Waals surface area contributed by atoms with Crippen molar-refractivity contribution < 1.29 is 22.4 Å². The molecule has 13 heavy (non-hydrogen) atoms. The summed E-state index contributed by atoms with van der Waals surface area (Å²) in [5, 5.41) is 8.97. The van der Waals surface area contributed by atoms with E-state index in [0.717, 1.165) is 0 Å². The Kier molecular flexibility index (Phi) is 14.4. The van der Waals surface area contributed by atoms with Crippen LogP contribution in [0.15, 0.2) is 12.7 Å². The van der Waals surface area contributed by atoms with Gasteiger partial charge in [-0.25, -0.2) is 8.42 Å². The van der Waals surface area contributed by atoms with E-state index in [2.05, 4.69) is 10.8 Å². The van der Waals surface area contributed by atoms with E-state index >= 15 is 0 Å². The molecule has 5 nitrogen and oxygen atoms in total. The van der Waals surface area contributed by atoms with Gasteiger partial charge >= 0.3 is 51.4 Å². The summed E-state index contributed by atoms with van der Waals surface area (Å²) in [5.74, 6) is 0. The topological polar surface area (TPSA) is 72.8 Å². The number of hydrogen-bond donors (Lipinski definition) is 2. The zero-order valence-corrected chi connectivity index (χ0v) is 7.40. The summed E-state index contributed by atoms with van der Waals surface area (Å²) in [6, 6.07) is 0. The molecule has 0 aliphatic rings. The molecule has 0 aliphatic carbocycles. The van der Waals surface area contributed by atoms with Crippen molar-refractivity contribution in [2.45, 2.75) is 6.10 Å². The van der Waals surface area contributed by atoms with Gasteiger partial charge in [-0.1, -0.05) is 6.08 Å². The van der Waals surface area contributed by atoms with Gasteiger partial charge in [-0.15, -0.1) is 6.58 Å². The van der Waals surface area contributed by atoms with Crippen molar-refractivity contribution in [2.75, 3.05) is 19.8 Å². The maximum atomic E-state index is 9.88. The molecule has 0 fully saturated rings. The molecule has 7 heteroatoms. The normalized spacial score (nSPS) is 12.2. The van der Waals surface area contributed by atoms with Crippen LogP contribution < -0.4 is 0 Å². The quantitative estimate of drug-likeness (QED) is 0.242. The number of aliphatic hydroxyl groups excluding tert-OH is 1. The van der Waals surface area contributed by atoms with E-state index in [9.17, 15) is 8.42 Å². The van der Waals surface area contributed by atoms with Crippen LogP contribution in [0.1, 0.15) is 0 Å². The summed E-state index contributed by atoms with van der Waals surface area (Å²) in [6.45, 7) is 3.49. The Morgan fingerprint density at radius 1 is 1.46 bits per heavy atom. The molecule has 0 heterocycles. The zero-order valence-electron chi connectivity index (χ0n) is 6.51. The predicted molar refractivity (Wildman–Crippen MR) is 50.4 cm³/mol. The summed E-state index contributed by atoms with van der Waals surface area (Å²) in [7, 11) is -2.89. The molecule has 0 aromatic carbocycles. The van der Waals surface area contributed by atoms with E-state index in [0.29, 0.717) is 6.61 Å². The first-order valence-electron chi connectivity index (χ1n) is 3.30. The number of aliphatic hydroxyl groups is 1. The Balaban J connectivity index is 0. The van der Waals surface area contributed by atoms with Crippen LogP contribution in [0.4, 0.5) is 0 Å². The monoisotopic (exact) mass is 236 g/mol. The molecule has 0 saturated carbocycles. The van der Waals surface area contributed by atoms with Crippen LogP contribution in [0.3, 0.4) is 0 Å². The van der Waals surface area contributed by atoms with Crippen LogP contribution in [-0.4, -0.2) is 90.8 Å². The molecule has 0 saturated heterocycles. The van der Waals surface area contributed by atoms with Crippen LogP contribution in [0.2, 0.25) is 0 Å². The standard InChI is InChI=1S/C6H12O5S.K.H/c1-2-3-10-4-6(7)5-11-12(8)9;;/h2,6-7,12H,1,3-5H2;;. The van der Waals surface area contributed by atoms with Gasteiger partial charge in [0, 0.05) is 0 Å². The molecule has 0 aliphatic heterocycles. The predicted octanol–water partition coefficient (Wildman–Crippen LogP) is -1.56. The minimum absolute atomic E-state index is 0. The third kappa shape index (κ3) is 13.2. The van der Waals surface area contributed by atoms with Gasteiger partial charge in [0.2, 0.25) is 0 Å². The van der Waals surface area contributed by atoms with Gasteiger partial charge in [-0.3, -0.25) is 4.18 Å². The molecule has 1 N–H and O–H groups in total. The van der Waals surface area contributed by atoms with E-state index in [1.54, 1.807) is 0 Å². The average molecular weight is 236 g/mol. The van der Waals surface area contributed by atoms with Crippen LogP contribution in [0, 0.1) is 0 Å². The minimum atomic E-state index is -2.89. The molecular weight excluding hydrogens is 223 g/mol. The molecule has 0 spiro atoms. The fourth-order valence-electron chi connectivity index (χ4n) is 0.482. The van der Waals surface area contributed by atoms with Crippen molar-refractivity contribution in [2.24, 2.45) is 0 Å². The molecule has 0 rings (SSSR count).